The van der Waals surface area contributed by atoms with Gasteiger partial charge >= 0.3 is 0 Å². The molecule has 2 nitrogen and oxygen atoms in total. The summed E-state index contributed by atoms with van der Waals surface area (Å²) >= 11 is 0. The van der Waals surface area contributed by atoms with Crippen LogP contribution in [0.15, 0.2) is 24.3 Å². The molecule has 1 N–H and O–H groups in total. The molecule has 1 aliphatic heterocycles. The number of fused-ring (bicyclic) bond motifs is 1. The molecule has 1 aliphatic rings. The van der Waals surface area contributed by atoms with E-state index in [0.29, 0.717) is 0 Å². The maximum absolute atomic E-state index is 3.09. The van der Waals surface area contributed by atoms with Gasteiger partial charge in [-0.15, -0.1) is 0 Å². The Labute approximate surface area is 65.4 Å². The van der Waals surface area contributed by atoms with Crippen molar-refractivity contribution in [3.63, 3.8) is 0 Å². The van der Waals surface area contributed by atoms with Crippen LogP contribution >= 0.6 is 0 Å². The molecule has 0 bridgehead atoms. The Morgan fingerprint density at radius 3 is 2.73 bits per heavy atom. The van der Waals surface area contributed by atoms with Crippen LogP contribution in [0.25, 0.3) is 12.4 Å². The van der Waals surface area contributed by atoms with Crippen molar-refractivity contribution in [2.24, 2.45) is 0 Å². The predicted molar refractivity (Wildman–Crippen MR) is 45.5 cm³/mol. The van der Waals surface area contributed by atoms with Crippen molar-refractivity contribution < 1.29 is 0 Å². The lowest BCUT2D eigenvalue weighted by Gasteiger charge is -2.16. The third-order valence-corrected chi connectivity index (χ3v) is 1.75. The number of hydrogen-bond acceptors (Lipinski definition) is 2. The fourth-order valence-electron chi connectivity index (χ4n) is 1.18. The molecule has 0 fully saturated rings. The maximum Gasteiger partial charge on any atom is 0.0285 e. The average molecular weight is 146 g/mol. The molecule has 2 rings (SSSR count). The van der Waals surface area contributed by atoms with Gasteiger partial charge < -0.3 is 5.43 Å². The van der Waals surface area contributed by atoms with E-state index < -0.39 is 0 Å². The molecular formula is C9H10N2. The second-order valence-corrected chi connectivity index (χ2v) is 2.64. The SMILES string of the molecule is CN1C=c2ccccc2=CN1. The van der Waals surface area contributed by atoms with Crippen LogP contribution < -0.4 is 15.9 Å². The van der Waals surface area contributed by atoms with Crippen molar-refractivity contribution in [3.8, 4) is 0 Å². The van der Waals surface area contributed by atoms with Gasteiger partial charge in [0.15, 0.2) is 0 Å². The van der Waals surface area contributed by atoms with Gasteiger partial charge in [-0.1, -0.05) is 24.3 Å². The molecule has 1 heterocycles. The molecule has 0 aromatic heterocycles. The average Bonchev–Trinajstić information content (AvgIpc) is 2.04. The van der Waals surface area contributed by atoms with E-state index in [1.54, 1.807) is 0 Å². The lowest BCUT2D eigenvalue weighted by Crippen LogP contribution is -2.39. The first kappa shape index (κ1) is 6.28. The summed E-state index contributed by atoms with van der Waals surface area (Å²) in [6.07, 6.45) is 4.06. The number of hydrogen-bond donors (Lipinski definition) is 1. The van der Waals surface area contributed by atoms with E-state index in [4.69, 9.17) is 0 Å². The molecule has 0 saturated carbocycles. The van der Waals surface area contributed by atoms with E-state index in [2.05, 4.69) is 23.8 Å². The zero-order valence-corrected chi connectivity index (χ0v) is 6.41. The van der Waals surface area contributed by atoms with Crippen LogP contribution in [0.1, 0.15) is 0 Å². The van der Waals surface area contributed by atoms with Gasteiger partial charge in [0.1, 0.15) is 0 Å². The van der Waals surface area contributed by atoms with Crippen LogP contribution in [0.3, 0.4) is 0 Å². The van der Waals surface area contributed by atoms with E-state index >= 15 is 0 Å². The first-order valence-electron chi connectivity index (χ1n) is 3.62. The Morgan fingerprint density at radius 2 is 1.91 bits per heavy atom. The van der Waals surface area contributed by atoms with Crippen LogP contribution in [0.2, 0.25) is 0 Å². The number of benzene rings is 1. The van der Waals surface area contributed by atoms with Crippen molar-refractivity contribution in [2.45, 2.75) is 0 Å². The minimum Gasteiger partial charge on any atom is -0.306 e. The lowest BCUT2D eigenvalue weighted by molar-refractivity contribution is 0.439. The summed E-state index contributed by atoms with van der Waals surface area (Å²) in [5, 5.41) is 4.43. The molecule has 56 valence electrons. The van der Waals surface area contributed by atoms with Gasteiger partial charge in [-0.25, -0.2) is 0 Å². The number of nitrogens with one attached hydrogen (secondary N) is 1. The third-order valence-electron chi connectivity index (χ3n) is 1.75. The topological polar surface area (TPSA) is 15.3 Å². The van der Waals surface area contributed by atoms with Gasteiger partial charge in [0.25, 0.3) is 0 Å². The molecule has 0 saturated heterocycles. The van der Waals surface area contributed by atoms with Crippen molar-refractivity contribution in [2.75, 3.05) is 7.05 Å². The second-order valence-electron chi connectivity index (χ2n) is 2.64. The van der Waals surface area contributed by atoms with Gasteiger partial charge in [-0.2, -0.15) is 0 Å². The second kappa shape index (κ2) is 2.31. The Morgan fingerprint density at radius 1 is 1.18 bits per heavy atom. The van der Waals surface area contributed by atoms with Crippen LogP contribution in [-0.4, -0.2) is 12.1 Å². The minimum absolute atomic E-state index is 1.24. The zero-order valence-electron chi connectivity index (χ0n) is 6.41. The summed E-state index contributed by atoms with van der Waals surface area (Å²) in [7, 11) is 1.98. The number of nitrogens with zero attached hydrogens (tertiary/aromatic N) is 1. The summed E-state index contributed by atoms with van der Waals surface area (Å²) in [5.74, 6) is 0. The standard InChI is InChI=1S/C9H10N2/c1-11-7-9-5-3-2-4-8(9)6-10-11/h2-7,10H,1H3. The van der Waals surface area contributed by atoms with E-state index in [0.717, 1.165) is 0 Å². The summed E-state index contributed by atoms with van der Waals surface area (Å²) in [5.41, 5.74) is 3.09. The van der Waals surface area contributed by atoms with Gasteiger partial charge in [-0.05, 0) is 0 Å². The monoisotopic (exact) mass is 146 g/mol. The van der Waals surface area contributed by atoms with E-state index in [1.807, 2.05) is 30.4 Å². The quantitative estimate of drug-likeness (QED) is 0.536. The maximum atomic E-state index is 3.09. The molecule has 0 spiro atoms. The van der Waals surface area contributed by atoms with Gasteiger partial charge in [0.2, 0.25) is 0 Å². The van der Waals surface area contributed by atoms with Gasteiger partial charge in [0, 0.05) is 29.9 Å². The number of hydrazine groups is 1. The number of rotatable bonds is 0. The first-order chi connectivity index (χ1) is 5.36. The van der Waals surface area contributed by atoms with E-state index in [9.17, 15) is 0 Å². The molecule has 0 amide bonds. The van der Waals surface area contributed by atoms with Crippen molar-refractivity contribution in [1.82, 2.24) is 10.4 Å². The van der Waals surface area contributed by atoms with Crippen molar-refractivity contribution in [3.05, 3.63) is 34.7 Å². The summed E-state index contributed by atoms with van der Waals surface area (Å²) in [6, 6.07) is 8.27. The molecular weight excluding hydrogens is 136 g/mol. The third kappa shape index (κ3) is 1.07. The molecule has 0 radical (unpaired) electrons. The minimum atomic E-state index is 1.24. The molecule has 1 aromatic carbocycles. The van der Waals surface area contributed by atoms with Gasteiger partial charge in [-0.3, -0.25) is 5.01 Å². The first-order valence-corrected chi connectivity index (χ1v) is 3.62. The van der Waals surface area contributed by atoms with Crippen LogP contribution in [0, 0.1) is 0 Å². The summed E-state index contributed by atoms with van der Waals surface area (Å²) in [6.45, 7) is 0. The largest absolute Gasteiger partial charge is 0.306 e. The highest BCUT2D eigenvalue weighted by Gasteiger charge is 1.92. The highest BCUT2D eigenvalue weighted by molar-refractivity contribution is 5.33. The van der Waals surface area contributed by atoms with Crippen LogP contribution in [0.5, 0.6) is 0 Å². The fourth-order valence-corrected chi connectivity index (χ4v) is 1.18. The molecule has 11 heavy (non-hydrogen) atoms. The highest BCUT2D eigenvalue weighted by Crippen LogP contribution is 1.80. The van der Waals surface area contributed by atoms with Crippen LogP contribution in [-0.2, 0) is 0 Å². The normalized spacial score (nSPS) is 14.1. The van der Waals surface area contributed by atoms with Gasteiger partial charge in [0.05, 0.1) is 0 Å². The van der Waals surface area contributed by atoms with E-state index in [-0.39, 0.29) is 0 Å². The molecule has 1 aromatic rings. The smallest absolute Gasteiger partial charge is 0.0285 e. The Bertz CT molecular complexity index is 367. The Hall–Kier alpha value is -1.44. The lowest BCUT2D eigenvalue weighted by atomic mass is 10.2. The molecule has 0 unspecified atom stereocenters. The van der Waals surface area contributed by atoms with Crippen molar-refractivity contribution >= 4 is 12.4 Å². The molecule has 0 aliphatic carbocycles. The van der Waals surface area contributed by atoms with E-state index in [1.165, 1.54) is 10.4 Å². The van der Waals surface area contributed by atoms with Crippen LogP contribution in [0.4, 0.5) is 0 Å². The molecule has 2 heteroatoms. The highest BCUT2D eigenvalue weighted by atomic mass is 15.5. The fraction of sp³-hybridized carbons (Fsp3) is 0.111. The zero-order chi connectivity index (χ0) is 7.68. The summed E-state index contributed by atoms with van der Waals surface area (Å²) in [4.78, 5) is 0. The Kier molecular flexibility index (Phi) is 1.32. The predicted octanol–water partition coefficient (Wildman–Crippen LogP) is -0.387. The molecule has 0 atom stereocenters. The Balaban J connectivity index is 2.73. The van der Waals surface area contributed by atoms with Crippen molar-refractivity contribution in [1.29, 1.82) is 0 Å². The summed E-state index contributed by atoms with van der Waals surface area (Å²) < 4.78 is 0.